The van der Waals surface area contributed by atoms with Gasteiger partial charge >= 0.3 is 0 Å². The van der Waals surface area contributed by atoms with Crippen molar-refractivity contribution in [3.63, 3.8) is 0 Å². The molecule has 0 aromatic carbocycles. The molecule has 2 heterocycles. The van der Waals surface area contributed by atoms with Crippen LogP contribution in [0.5, 0.6) is 0 Å². The second-order valence-electron chi connectivity index (χ2n) is 5.61. The number of aromatic nitrogens is 2. The predicted octanol–water partition coefficient (Wildman–Crippen LogP) is 0.591. The van der Waals surface area contributed by atoms with Crippen LogP contribution in [0.4, 0.5) is 5.82 Å². The van der Waals surface area contributed by atoms with E-state index >= 15 is 0 Å². The first-order valence-electron chi connectivity index (χ1n) is 7.44. The smallest absolute Gasteiger partial charge is 0.252 e. The molecule has 0 atom stereocenters. The molecule has 0 radical (unpaired) electrons. The Morgan fingerprint density at radius 3 is 2.75 bits per heavy atom. The fraction of sp³-hybridized carbons (Fsp3) is 0.714. The standard InChI is InChI=1S/C14H22N4O2/c15-5-8-20-11-3-6-18(7-4-11)12-9-13(19)17-14(16-12)10-1-2-10/h9-11H,1-8,15H2,(H,16,17,19). The highest BCUT2D eigenvalue weighted by molar-refractivity contribution is 5.38. The van der Waals surface area contributed by atoms with Crippen LogP contribution in [0.15, 0.2) is 10.9 Å². The quantitative estimate of drug-likeness (QED) is 0.823. The maximum atomic E-state index is 11.7. The van der Waals surface area contributed by atoms with Crippen molar-refractivity contribution < 1.29 is 4.74 Å². The summed E-state index contributed by atoms with van der Waals surface area (Å²) in [5.74, 6) is 2.13. The third kappa shape index (κ3) is 3.19. The van der Waals surface area contributed by atoms with Gasteiger partial charge in [-0.1, -0.05) is 0 Å². The monoisotopic (exact) mass is 278 g/mol. The molecule has 3 N–H and O–H groups in total. The van der Waals surface area contributed by atoms with Gasteiger partial charge < -0.3 is 20.4 Å². The summed E-state index contributed by atoms with van der Waals surface area (Å²) in [5.41, 5.74) is 5.40. The van der Waals surface area contributed by atoms with E-state index in [1.165, 1.54) is 0 Å². The number of nitrogens with zero attached hydrogens (tertiary/aromatic N) is 2. The van der Waals surface area contributed by atoms with E-state index in [0.717, 1.165) is 50.4 Å². The van der Waals surface area contributed by atoms with Gasteiger partial charge in [0.2, 0.25) is 0 Å². The van der Waals surface area contributed by atoms with E-state index < -0.39 is 0 Å². The summed E-state index contributed by atoms with van der Waals surface area (Å²) in [6.45, 7) is 2.96. The van der Waals surface area contributed by atoms with Crippen LogP contribution >= 0.6 is 0 Å². The zero-order chi connectivity index (χ0) is 13.9. The maximum Gasteiger partial charge on any atom is 0.252 e. The van der Waals surface area contributed by atoms with E-state index in [2.05, 4.69) is 14.9 Å². The highest BCUT2D eigenvalue weighted by atomic mass is 16.5. The first kappa shape index (κ1) is 13.6. The van der Waals surface area contributed by atoms with Crippen LogP contribution in [0.2, 0.25) is 0 Å². The molecule has 1 aliphatic heterocycles. The van der Waals surface area contributed by atoms with Crippen molar-refractivity contribution in [3.05, 3.63) is 22.2 Å². The van der Waals surface area contributed by atoms with Crippen LogP contribution in [0.25, 0.3) is 0 Å². The topological polar surface area (TPSA) is 84.2 Å². The molecule has 0 unspecified atom stereocenters. The molecule has 1 saturated carbocycles. The molecule has 1 aromatic heterocycles. The number of nitrogens with two attached hydrogens (primary N) is 1. The predicted molar refractivity (Wildman–Crippen MR) is 77.1 cm³/mol. The van der Waals surface area contributed by atoms with Crippen molar-refractivity contribution in [2.75, 3.05) is 31.1 Å². The van der Waals surface area contributed by atoms with E-state index in [-0.39, 0.29) is 5.56 Å². The molecule has 0 spiro atoms. The summed E-state index contributed by atoms with van der Waals surface area (Å²) in [6.07, 6.45) is 4.50. The third-order valence-electron chi connectivity index (χ3n) is 3.95. The van der Waals surface area contributed by atoms with Crippen molar-refractivity contribution in [3.8, 4) is 0 Å². The first-order chi connectivity index (χ1) is 9.76. The summed E-state index contributed by atoms with van der Waals surface area (Å²) in [7, 11) is 0. The van der Waals surface area contributed by atoms with Gasteiger partial charge in [0.1, 0.15) is 11.6 Å². The molecule has 2 fully saturated rings. The molecule has 0 amide bonds. The zero-order valence-electron chi connectivity index (χ0n) is 11.7. The van der Waals surface area contributed by atoms with Crippen LogP contribution in [0, 0.1) is 0 Å². The fourth-order valence-corrected chi connectivity index (χ4v) is 2.66. The van der Waals surface area contributed by atoms with Crippen LogP contribution in [0.1, 0.15) is 37.4 Å². The summed E-state index contributed by atoms with van der Waals surface area (Å²) in [4.78, 5) is 21.4. The molecular formula is C14H22N4O2. The fourth-order valence-electron chi connectivity index (χ4n) is 2.66. The van der Waals surface area contributed by atoms with E-state index in [4.69, 9.17) is 10.5 Å². The third-order valence-corrected chi connectivity index (χ3v) is 3.95. The summed E-state index contributed by atoms with van der Waals surface area (Å²) in [6, 6.07) is 1.60. The van der Waals surface area contributed by atoms with Gasteiger partial charge in [-0.3, -0.25) is 4.79 Å². The molecule has 110 valence electrons. The minimum absolute atomic E-state index is 0.0431. The molecule has 6 nitrogen and oxygen atoms in total. The SMILES string of the molecule is NCCOC1CCN(c2cc(=O)[nH]c(C3CC3)n2)CC1. The lowest BCUT2D eigenvalue weighted by Gasteiger charge is -2.32. The molecular weight excluding hydrogens is 256 g/mol. The number of rotatable bonds is 5. The Morgan fingerprint density at radius 1 is 1.35 bits per heavy atom. The van der Waals surface area contributed by atoms with Gasteiger partial charge in [0.25, 0.3) is 5.56 Å². The Hall–Kier alpha value is -1.40. The highest BCUT2D eigenvalue weighted by Gasteiger charge is 2.28. The van der Waals surface area contributed by atoms with Crippen LogP contribution in [0.3, 0.4) is 0 Å². The van der Waals surface area contributed by atoms with E-state index in [1.54, 1.807) is 6.07 Å². The summed E-state index contributed by atoms with van der Waals surface area (Å²) < 4.78 is 5.67. The number of nitrogens with one attached hydrogen (secondary N) is 1. The Morgan fingerprint density at radius 2 is 2.10 bits per heavy atom. The number of aromatic amines is 1. The highest BCUT2D eigenvalue weighted by Crippen LogP contribution is 2.38. The molecule has 1 saturated heterocycles. The lowest BCUT2D eigenvalue weighted by Crippen LogP contribution is -2.38. The second-order valence-corrected chi connectivity index (χ2v) is 5.61. The molecule has 6 heteroatoms. The van der Waals surface area contributed by atoms with E-state index in [1.807, 2.05) is 0 Å². The van der Waals surface area contributed by atoms with Crippen molar-refractivity contribution in [1.82, 2.24) is 9.97 Å². The first-order valence-corrected chi connectivity index (χ1v) is 7.44. The second kappa shape index (κ2) is 5.93. The number of ether oxygens (including phenoxy) is 1. The molecule has 3 rings (SSSR count). The average Bonchev–Trinajstić information content (AvgIpc) is 3.29. The molecule has 1 aliphatic carbocycles. The van der Waals surface area contributed by atoms with Crippen molar-refractivity contribution >= 4 is 5.82 Å². The van der Waals surface area contributed by atoms with Crippen molar-refractivity contribution in [1.29, 1.82) is 0 Å². The number of piperidine rings is 1. The van der Waals surface area contributed by atoms with Gasteiger partial charge in [0.05, 0.1) is 12.7 Å². The molecule has 20 heavy (non-hydrogen) atoms. The number of anilines is 1. The summed E-state index contributed by atoms with van der Waals surface area (Å²) in [5, 5.41) is 0. The summed E-state index contributed by atoms with van der Waals surface area (Å²) >= 11 is 0. The van der Waals surface area contributed by atoms with Crippen LogP contribution in [-0.4, -0.2) is 42.3 Å². The van der Waals surface area contributed by atoms with Gasteiger partial charge in [0.15, 0.2) is 0 Å². The van der Waals surface area contributed by atoms with Crippen LogP contribution in [-0.2, 0) is 4.74 Å². The normalized spacial score (nSPS) is 20.4. The van der Waals surface area contributed by atoms with Crippen LogP contribution < -0.4 is 16.2 Å². The number of hydrogen-bond acceptors (Lipinski definition) is 5. The Balaban J connectivity index is 1.64. The Bertz CT molecular complexity index is 504. The van der Waals surface area contributed by atoms with Gasteiger partial charge in [-0.15, -0.1) is 0 Å². The maximum absolute atomic E-state index is 11.7. The van der Waals surface area contributed by atoms with Gasteiger partial charge in [0, 0.05) is 31.6 Å². The van der Waals surface area contributed by atoms with Crippen molar-refractivity contribution in [2.45, 2.75) is 37.7 Å². The van der Waals surface area contributed by atoms with E-state index in [9.17, 15) is 4.79 Å². The van der Waals surface area contributed by atoms with Gasteiger partial charge in [-0.2, -0.15) is 0 Å². The van der Waals surface area contributed by atoms with Crippen molar-refractivity contribution in [2.24, 2.45) is 5.73 Å². The largest absolute Gasteiger partial charge is 0.377 e. The molecule has 0 bridgehead atoms. The lowest BCUT2D eigenvalue weighted by molar-refractivity contribution is 0.0421. The molecule has 2 aliphatic rings. The van der Waals surface area contributed by atoms with E-state index in [0.29, 0.717) is 25.2 Å². The minimum atomic E-state index is -0.0431. The number of hydrogen-bond donors (Lipinski definition) is 2. The average molecular weight is 278 g/mol. The van der Waals surface area contributed by atoms with Gasteiger partial charge in [-0.25, -0.2) is 4.98 Å². The Kier molecular flexibility index (Phi) is 4.03. The van der Waals surface area contributed by atoms with Gasteiger partial charge in [-0.05, 0) is 25.7 Å². The zero-order valence-corrected chi connectivity index (χ0v) is 11.7. The minimum Gasteiger partial charge on any atom is -0.377 e. The Labute approximate surface area is 118 Å². The lowest BCUT2D eigenvalue weighted by atomic mass is 10.1. The number of H-pyrrole nitrogens is 1. The molecule has 1 aromatic rings.